The third-order valence-electron chi connectivity index (χ3n) is 9.84. The summed E-state index contributed by atoms with van der Waals surface area (Å²) in [5.74, 6) is 1.07. The zero-order valence-corrected chi connectivity index (χ0v) is 19.6. The molecule has 4 aliphatic carbocycles. The van der Waals surface area contributed by atoms with Gasteiger partial charge >= 0.3 is 11.9 Å². The van der Waals surface area contributed by atoms with E-state index in [2.05, 4.69) is 6.92 Å². The molecule has 0 aromatic carbocycles. The van der Waals surface area contributed by atoms with E-state index in [1.165, 1.54) is 20.8 Å². The number of Topliss-reactive ketones (excluding diaryl/α,β-unsaturated/α-hetero) is 1. The number of aliphatic hydroxyl groups is 1. The molecule has 4 saturated carbocycles. The number of carbonyl (C=O) groups is 3. The summed E-state index contributed by atoms with van der Waals surface area (Å²) in [6.45, 7) is 8.65. The van der Waals surface area contributed by atoms with Gasteiger partial charge in [0.1, 0.15) is 12.2 Å². The molecule has 6 nitrogen and oxygen atoms in total. The third-order valence-corrected chi connectivity index (χ3v) is 9.84. The number of carbonyl (C=O) groups excluding carboxylic acids is 3. The van der Waals surface area contributed by atoms with E-state index in [-0.39, 0.29) is 35.1 Å². The van der Waals surface area contributed by atoms with Crippen LogP contribution in [0.4, 0.5) is 0 Å². The molecule has 0 spiro atoms. The quantitative estimate of drug-likeness (QED) is 0.682. The zero-order chi connectivity index (χ0) is 22.7. The number of fused-ring (bicyclic) bond motifs is 5. The van der Waals surface area contributed by atoms with Gasteiger partial charge in [0.15, 0.2) is 11.4 Å². The third kappa shape index (κ3) is 3.53. The van der Waals surface area contributed by atoms with Crippen molar-refractivity contribution < 1.29 is 29.0 Å². The summed E-state index contributed by atoms with van der Waals surface area (Å²) in [5.41, 5.74) is -1.41. The summed E-state index contributed by atoms with van der Waals surface area (Å²) < 4.78 is 11.1. The molecule has 0 aromatic rings. The van der Waals surface area contributed by atoms with E-state index in [9.17, 15) is 19.5 Å². The van der Waals surface area contributed by atoms with E-state index in [0.29, 0.717) is 30.1 Å². The minimum absolute atomic E-state index is 0.0332. The maximum Gasteiger partial charge on any atom is 0.303 e. The Labute approximate surface area is 185 Å². The molecule has 0 saturated heterocycles. The fraction of sp³-hybridized carbons (Fsp3) is 0.880. The van der Waals surface area contributed by atoms with Gasteiger partial charge in [0.25, 0.3) is 0 Å². The Kier molecular flexibility index (Phi) is 5.77. The van der Waals surface area contributed by atoms with E-state index < -0.39 is 17.7 Å². The molecule has 174 valence electrons. The molecule has 0 bridgehead atoms. The predicted octanol–water partition coefficient (Wildman–Crippen LogP) is 3.68. The zero-order valence-electron chi connectivity index (χ0n) is 19.6. The highest BCUT2D eigenvalue weighted by Crippen LogP contribution is 2.66. The lowest BCUT2D eigenvalue weighted by Gasteiger charge is -2.54. The summed E-state index contributed by atoms with van der Waals surface area (Å²) in [6, 6.07) is 0. The van der Waals surface area contributed by atoms with Gasteiger partial charge in [-0.1, -0.05) is 13.8 Å². The van der Waals surface area contributed by atoms with Crippen LogP contribution in [-0.2, 0) is 23.9 Å². The first kappa shape index (κ1) is 22.8. The number of rotatable bonds is 3. The first-order chi connectivity index (χ1) is 14.5. The van der Waals surface area contributed by atoms with Gasteiger partial charge in [0.2, 0.25) is 0 Å². The maximum absolute atomic E-state index is 12.6. The van der Waals surface area contributed by atoms with Crippen LogP contribution in [-0.4, -0.2) is 40.6 Å². The van der Waals surface area contributed by atoms with Crippen molar-refractivity contribution in [2.45, 2.75) is 97.4 Å². The van der Waals surface area contributed by atoms with Crippen LogP contribution in [0.25, 0.3) is 0 Å². The Morgan fingerprint density at radius 1 is 0.871 bits per heavy atom. The molecule has 0 aliphatic heterocycles. The molecule has 4 fully saturated rings. The molecule has 4 rings (SSSR count). The Bertz CT molecular complexity index is 763. The summed E-state index contributed by atoms with van der Waals surface area (Å²) in [5, 5.41) is 11.4. The molecule has 6 heteroatoms. The van der Waals surface area contributed by atoms with Crippen molar-refractivity contribution in [2.75, 3.05) is 0 Å². The Morgan fingerprint density at radius 2 is 1.55 bits per heavy atom. The number of hydrogen-bond donors (Lipinski definition) is 1. The molecule has 10 atom stereocenters. The molecular weight excluding hydrogens is 396 g/mol. The van der Waals surface area contributed by atoms with Gasteiger partial charge in [-0.05, 0) is 92.8 Å². The van der Waals surface area contributed by atoms with Crippen LogP contribution >= 0.6 is 0 Å². The molecule has 0 heterocycles. The van der Waals surface area contributed by atoms with Crippen LogP contribution in [0.2, 0.25) is 0 Å². The minimum Gasteiger partial charge on any atom is -0.463 e. The minimum atomic E-state index is -1.60. The molecule has 31 heavy (non-hydrogen) atoms. The second-order valence-electron chi connectivity index (χ2n) is 11.1. The van der Waals surface area contributed by atoms with Gasteiger partial charge in [0.05, 0.1) is 0 Å². The highest BCUT2D eigenvalue weighted by molar-refractivity contribution is 5.86. The average molecular weight is 435 g/mol. The van der Waals surface area contributed by atoms with Crippen LogP contribution in [0.3, 0.4) is 0 Å². The van der Waals surface area contributed by atoms with Gasteiger partial charge in [-0.25, -0.2) is 0 Å². The number of esters is 2. The molecule has 0 aromatic heterocycles. The number of ether oxygens (including phenoxy) is 2. The topological polar surface area (TPSA) is 89.9 Å². The van der Waals surface area contributed by atoms with Gasteiger partial charge < -0.3 is 14.6 Å². The fourth-order valence-electron chi connectivity index (χ4n) is 8.34. The Morgan fingerprint density at radius 3 is 2.16 bits per heavy atom. The standard InChI is InChI=1S/C25H38O6/c1-13-20-11-22-19(21(20)12-23(31-16(4)28)25(13,29)14(2)26)7-6-17-10-18(30-15(3)27)8-9-24(17,22)5/h13,17-23,29H,6-12H2,1-5H3/t13-,17+,18+,19+,20+,21+,22+,23?,24+,25?/m1/s1. The first-order valence-corrected chi connectivity index (χ1v) is 12.1. The molecule has 2 unspecified atom stereocenters. The van der Waals surface area contributed by atoms with Crippen LogP contribution in [0, 0.1) is 40.9 Å². The van der Waals surface area contributed by atoms with Crippen LogP contribution < -0.4 is 0 Å². The van der Waals surface area contributed by atoms with E-state index >= 15 is 0 Å². The summed E-state index contributed by atoms with van der Waals surface area (Å²) >= 11 is 0. The Balaban J connectivity index is 1.59. The second kappa shape index (κ2) is 7.86. The van der Waals surface area contributed by atoms with Crippen molar-refractivity contribution in [1.29, 1.82) is 0 Å². The van der Waals surface area contributed by atoms with Crippen LogP contribution in [0.1, 0.15) is 79.6 Å². The highest BCUT2D eigenvalue weighted by Gasteiger charge is 2.64. The average Bonchev–Trinajstić information content (AvgIpc) is 3.05. The summed E-state index contributed by atoms with van der Waals surface area (Å²) in [4.78, 5) is 35.8. The van der Waals surface area contributed by atoms with Crippen molar-refractivity contribution in [3.63, 3.8) is 0 Å². The van der Waals surface area contributed by atoms with Gasteiger partial charge in [-0.2, -0.15) is 0 Å². The summed E-state index contributed by atoms with van der Waals surface area (Å²) in [6.07, 6.45) is 6.01. The normalized spacial score (nSPS) is 48.7. The fourth-order valence-corrected chi connectivity index (χ4v) is 8.34. The van der Waals surface area contributed by atoms with Gasteiger partial charge in [0, 0.05) is 13.8 Å². The van der Waals surface area contributed by atoms with E-state index in [1.807, 2.05) is 6.92 Å². The number of hydrogen-bond acceptors (Lipinski definition) is 6. The van der Waals surface area contributed by atoms with Crippen molar-refractivity contribution in [3.8, 4) is 0 Å². The van der Waals surface area contributed by atoms with Crippen molar-refractivity contribution >= 4 is 17.7 Å². The largest absolute Gasteiger partial charge is 0.463 e. The van der Waals surface area contributed by atoms with Crippen molar-refractivity contribution in [2.24, 2.45) is 40.9 Å². The van der Waals surface area contributed by atoms with Gasteiger partial charge in [-0.15, -0.1) is 0 Å². The van der Waals surface area contributed by atoms with E-state index in [4.69, 9.17) is 9.47 Å². The lowest BCUT2D eigenvalue weighted by molar-refractivity contribution is -0.195. The van der Waals surface area contributed by atoms with Crippen LogP contribution in [0.5, 0.6) is 0 Å². The van der Waals surface area contributed by atoms with E-state index in [0.717, 1.165) is 38.5 Å². The second-order valence-corrected chi connectivity index (χ2v) is 11.1. The lowest BCUT2D eigenvalue weighted by atomic mass is 9.52. The highest BCUT2D eigenvalue weighted by atomic mass is 16.6. The van der Waals surface area contributed by atoms with Crippen molar-refractivity contribution in [3.05, 3.63) is 0 Å². The molecular formula is C25H38O6. The molecule has 4 aliphatic rings. The maximum atomic E-state index is 12.6. The first-order valence-electron chi connectivity index (χ1n) is 12.1. The molecule has 1 N–H and O–H groups in total. The monoisotopic (exact) mass is 434 g/mol. The number of ketones is 1. The Hall–Kier alpha value is -1.43. The van der Waals surface area contributed by atoms with E-state index in [1.54, 1.807) is 0 Å². The lowest BCUT2D eigenvalue weighted by Crippen LogP contribution is -2.61. The molecule has 0 radical (unpaired) electrons. The van der Waals surface area contributed by atoms with Crippen molar-refractivity contribution in [1.82, 2.24) is 0 Å². The van der Waals surface area contributed by atoms with Crippen LogP contribution in [0.15, 0.2) is 0 Å². The van der Waals surface area contributed by atoms with Gasteiger partial charge in [-0.3, -0.25) is 14.4 Å². The summed E-state index contributed by atoms with van der Waals surface area (Å²) in [7, 11) is 0. The molecule has 0 amide bonds. The smallest absolute Gasteiger partial charge is 0.303 e. The SMILES string of the molecule is CC(=O)OC1C[C@@H]2[C@@H](C[C@H]3[C@H]2CC[C@H]2C[C@@H](OC(C)=O)CC[C@@]23C)[C@@H](C)C1(O)C(C)=O. The predicted molar refractivity (Wildman–Crippen MR) is 114 cm³/mol.